The predicted octanol–water partition coefficient (Wildman–Crippen LogP) is 0.533. The number of carbonyl (C=O) groups is 2. The van der Waals surface area contributed by atoms with Crippen LogP contribution in [0, 0.1) is 0 Å². The molecule has 0 aliphatic heterocycles. The van der Waals surface area contributed by atoms with E-state index in [1.165, 1.54) is 14.2 Å². The van der Waals surface area contributed by atoms with Gasteiger partial charge >= 0.3 is 11.9 Å². The summed E-state index contributed by atoms with van der Waals surface area (Å²) >= 11 is 1.74. The highest BCUT2D eigenvalue weighted by atomic mass is 32.2. The van der Waals surface area contributed by atoms with Gasteiger partial charge in [-0.2, -0.15) is 11.8 Å². The van der Waals surface area contributed by atoms with Crippen molar-refractivity contribution in [3.05, 3.63) is 11.4 Å². The first-order valence-electron chi connectivity index (χ1n) is 5.79. The minimum absolute atomic E-state index is 0.0509. The Morgan fingerprint density at radius 1 is 1.32 bits per heavy atom. The van der Waals surface area contributed by atoms with Gasteiger partial charge in [0.05, 0.1) is 32.9 Å². The summed E-state index contributed by atoms with van der Waals surface area (Å²) in [6, 6.07) is 0. The largest absolute Gasteiger partial charge is 0.469 e. The van der Waals surface area contributed by atoms with Gasteiger partial charge in [0, 0.05) is 5.75 Å². The number of esters is 2. The molecule has 19 heavy (non-hydrogen) atoms. The maximum absolute atomic E-state index is 11.6. The SMILES string of the molecule is CCSCCn1nnc(C(=O)OC)c1CC(=O)OC. The fourth-order valence-corrected chi connectivity index (χ4v) is 2.04. The van der Waals surface area contributed by atoms with Crippen molar-refractivity contribution in [1.82, 2.24) is 15.0 Å². The van der Waals surface area contributed by atoms with Crippen LogP contribution in [0.25, 0.3) is 0 Å². The van der Waals surface area contributed by atoms with Crippen LogP contribution in [0.2, 0.25) is 0 Å². The van der Waals surface area contributed by atoms with E-state index < -0.39 is 11.9 Å². The van der Waals surface area contributed by atoms with Crippen LogP contribution < -0.4 is 0 Å². The molecule has 0 amide bonds. The van der Waals surface area contributed by atoms with Gasteiger partial charge in [0.1, 0.15) is 0 Å². The number of hydrogen-bond donors (Lipinski definition) is 0. The molecule has 8 heteroatoms. The van der Waals surface area contributed by atoms with E-state index in [9.17, 15) is 9.59 Å². The second kappa shape index (κ2) is 7.78. The molecule has 0 unspecified atom stereocenters. The monoisotopic (exact) mass is 287 g/mol. The van der Waals surface area contributed by atoms with E-state index in [0.717, 1.165) is 11.5 Å². The molecule has 106 valence electrons. The summed E-state index contributed by atoms with van der Waals surface area (Å²) in [5, 5.41) is 7.66. The molecule has 0 bridgehead atoms. The van der Waals surface area contributed by atoms with Crippen molar-refractivity contribution in [2.24, 2.45) is 0 Å². The molecule has 0 saturated heterocycles. The van der Waals surface area contributed by atoms with E-state index in [1.54, 1.807) is 16.4 Å². The van der Waals surface area contributed by atoms with Gasteiger partial charge in [-0.3, -0.25) is 4.79 Å². The van der Waals surface area contributed by atoms with Crippen molar-refractivity contribution in [3.8, 4) is 0 Å². The van der Waals surface area contributed by atoms with E-state index in [-0.39, 0.29) is 12.1 Å². The van der Waals surface area contributed by atoms with Crippen LogP contribution in [-0.2, 0) is 27.2 Å². The molecule has 0 spiro atoms. The first kappa shape index (κ1) is 15.5. The smallest absolute Gasteiger partial charge is 0.360 e. The summed E-state index contributed by atoms with van der Waals surface area (Å²) in [5.74, 6) is 0.768. The zero-order chi connectivity index (χ0) is 14.3. The zero-order valence-electron chi connectivity index (χ0n) is 11.2. The lowest BCUT2D eigenvalue weighted by Crippen LogP contribution is -2.16. The van der Waals surface area contributed by atoms with Gasteiger partial charge in [0.25, 0.3) is 0 Å². The number of nitrogens with zero attached hydrogens (tertiary/aromatic N) is 3. The van der Waals surface area contributed by atoms with Crippen molar-refractivity contribution in [3.63, 3.8) is 0 Å². The summed E-state index contributed by atoms with van der Waals surface area (Å²) in [7, 11) is 2.55. The van der Waals surface area contributed by atoms with Crippen molar-refractivity contribution in [1.29, 1.82) is 0 Å². The highest BCUT2D eigenvalue weighted by Gasteiger charge is 2.22. The molecule has 0 aliphatic carbocycles. The highest BCUT2D eigenvalue weighted by Crippen LogP contribution is 2.10. The summed E-state index contributed by atoms with van der Waals surface area (Å²) < 4.78 is 10.8. The van der Waals surface area contributed by atoms with E-state index >= 15 is 0 Å². The molecule has 0 aliphatic rings. The molecule has 0 fully saturated rings. The van der Waals surface area contributed by atoms with Gasteiger partial charge < -0.3 is 9.47 Å². The lowest BCUT2D eigenvalue weighted by molar-refractivity contribution is -0.139. The predicted molar refractivity (Wildman–Crippen MR) is 70.1 cm³/mol. The van der Waals surface area contributed by atoms with Crippen molar-refractivity contribution < 1.29 is 19.1 Å². The Hall–Kier alpha value is -1.57. The van der Waals surface area contributed by atoms with Gasteiger partial charge in [-0.05, 0) is 5.75 Å². The van der Waals surface area contributed by atoms with E-state index in [4.69, 9.17) is 0 Å². The molecule has 7 nitrogen and oxygen atoms in total. The molecule has 0 N–H and O–H groups in total. The standard InChI is InChI=1S/C11H17N3O4S/c1-4-19-6-5-14-8(7-9(15)17-2)10(12-13-14)11(16)18-3/h4-7H2,1-3H3. The summed E-state index contributed by atoms with van der Waals surface area (Å²) in [4.78, 5) is 22.9. The van der Waals surface area contributed by atoms with Crippen LogP contribution in [0.15, 0.2) is 0 Å². The minimum Gasteiger partial charge on any atom is -0.469 e. The topological polar surface area (TPSA) is 83.3 Å². The second-order valence-electron chi connectivity index (χ2n) is 3.55. The number of ether oxygens (including phenoxy) is 2. The minimum atomic E-state index is -0.603. The molecular formula is C11H17N3O4S. The van der Waals surface area contributed by atoms with E-state index in [2.05, 4.69) is 26.7 Å². The lowest BCUT2D eigenvalue weighted by atomic mass is 10.2. The number of methoxy groups -OCH3 is 2. The molecule has 1 rings (SSSR count). The molecule has 0 radical (unpaired) electrons. The van der Waals surface area contributed by atoms with E-state index in [0.29, 0.717) is 12.2 Å². The Balaban J connectivity index is 2.92. The molecule has 0 aromatic carbocycles. The van der Waals surface area contributed by atoms with Gasteiger partial charge in [0.2, 0.25) is 0 Å². The molecule has 0 saturated carbocycles. The molecule has 0 atom stereocenters. The number of aromatic nitrogens is 3. The number of thioether (sulfide) groups is 1. The van der Waals surface area contributed by atoms with Crippen molar-refractivity contribution in [2.75, 3.05) is 25.7 Å². The highest BCUT2D eigenvalue weighted by molar-refractivity contribution is 7.99. The average Bonchev–Trinajstić information content (AvgIpc) is 2.81. The fourth-order valence-electron chi connectivity index (χ4n) is 1.45. The summed E-state index contributed by atoms with van der Waals surface area (Å²) in [6.07, 6.45) is -0.0509. The van der Waals surface area contributed by atoms with Crippen LogP contribution in [-0.4, -0.2) is 52.7 Å². The Morgan fingerprint density at radius 3 is 2.63 bits per heavy atom. The molecule has 1 aromatic heterocycles. The van der Waals surface area contributed by atoms with Crippen LogP contribution in [0.4, 0.5) is 0 Å². The van der Waals surface area contributed by atoms with Crippen LogP contribution in [0.1, 0.15) is 23.1 Å². The quantitative estimate of drug-likeness (QED) is 0.534. The van der Waals surface area contributed by atoms with Gasteiger partial charge in [-0.25, -0.2) is 9.48 Å². The molecular weight excluding hydrogens is 270 g/mol. The lowest BCUT2D eigenvalue weighted by Gasteiger charge is -2.06. The van der Waals surface area contributed by atoms with Crippen molar-refractivity contribution >= 4 is 23.7 Å². The Morgan fingerprint density at radius 2 is 2.05 bits per heavy atom. The van der Waals surface area contributed by atoms with Gasteiger partial charge in [-0.1, -0.05) is 12.1 Å². The Bertz CT molecular complexity index is 447. The van der Waals surface area contributed by atoms with Gasteiger partial charge in [-0.15, -0.1) is 5.10 Å². The summed E-state index contributed by atoms with van der Waals surface area (Å²) in [5.41, 5.74) is 0.491. The number of aryl methyl sites for hydroxylation is 1. The second-order valence-corrected chi connectivity index (χ2v) is 4.94. The van der Waals surface area contributed by atoms with Crippen LogP contribution in [0.5, 0.6) is 0 Å². The molecule has 1 heterocycles. The van der Waals surface area contributed by atoms with Crippen LogP contribution >= 0.6 is 11.8 Å². The third kappa shape index (κ3) is 4.23. The average molecular weight is 287 g/mol. The van der Waals surface area contributed by atoms with E-state index in [1.807, 2.05) is 0 Å². The fraction of sp³-hybridized carbons (Fsp3) is 0.636. The zero-order valence-corrected chi connectivity index (χ0v) is 12.0. The number of carbonyl (C=O) groups excluding carboxylic acids is 2. The normalized spacial score (nSPS) is 10.3. The first-order chi connectivity index (χ1) is 9.13. The Kier molecular flexibility index (Phi) is 6.34. The third-order valence-electron chi connectivity index (χ3n) is 2.41. The maximum atomic E-state index is 11.6. The first-order valence-corrected chi connectivity index (χ1v) is 6.94. The van der Waals surface area contributed by atoms with Crippen molar-refractivity contribution in [2.45, 2.75) is 19.9 Å². The Labute approximate surface area is 115 Å². The van der Waals surface area contributed by atoms with Crippen LogP contribution in [0.3, 0.4) is 0 Å². The van der Waals surface area contributed by atoms with Gasteiger partial charge in [0.15, 0.2) is 5.69 Å². The number of rotatable bonds is 7. The third-order valence-corrected chi connectivity index (χ3v) is 3.29. The number of hydrogen-bond acceptors (Lipinski definition) is 7. The molecule has 1 aromatic rings. The maximum Gasteiger partial charge on any atom is 0.360 e. The summed E-state index contributed by atoms with van der Waals surface area (Å²) in [6.45, 7) is 2.63.